The highest BCUT2D eigenvalue weighted by molar-refractivity contribution is 7.47. The summed E-state index contributed by atoms with van der Waals surface area (Å²) in [5.74, 6) is -0.522. The van der Waals surface area contributed by atoms with Gasteiger partial charge in [0.25, 0.3) is 0 Å². The Hall–Kier alpha value is -0.920. The van der Waals surface area contributed by atoms with E-state index in [0.717, 1.165) is 38.5 Å². The van der Waals surface area contributed by atoms with E-state index in [0.29, 0.717) is 6.42 Å². The minimum atomic E-state index is -4.98. The van der Waals surface area contributed by atoms with Gasteiger partial charge in [-0.05, 0) is 25.7 Å². The number of ether oxygens (including phenoxy) is 1. The van der Waals surface area contributed by atoms with Crippen LogP contribution in [-0.2, 0) is 23.1 Å². The Morgan fingerprint density at radius 2 is 1.36 bits per heavy atom. The molecule has 0 amide bonds. The van der Waals surface area contributed by atoms with Crippen LogP contribution in [0.4, 0.5) is 0 Å². The molecule has 1 saturated carbocycles. The predicted octanol–water partition coefficient (Wildman–Crippen LogP) is 0.688. The molecule has 1 aliphatic rings. The van der Waals surface area contributed by atoms with Crippen LogP contribution in [-0.4, -0.2) is 97.4 Å². The maximum absolute atomic E-state index is 12.1. The molecular formula is C23H43O12P. The summed E-state index contributed by atoms with van der Waals surface area (Å²) in [6.45, 7) is 0.906. The Morgan fingerprint density at radius 1 is 0.833 bits per heavy atom. The Morgan fingerprint density at radius 3 is 1.97 bits per heavy atom. The van der Waals surface area contributed by atoms with Crippen molar-refractivity contribution in [3.63, 3.8) is 0 Å². The molecule has 7 N–H and O–H groups in total. The number of carbonyl (C=O) groups excluding carboxylic acids is 1. The van der Waals surface area contributed by atoms with Gasteiger partial charge in [-0.3, -0.25) is 13.8 Å². The highest BCUT2D eigenvalue weighted by atomic mass is 31.2. The van der Waals surface area contributed by atoms with Crippen molar-refractivity contribution in [1.82, 2.24) is 0 Å². The van der Waals surface area contributed by atoms with E-state index < -0.39 is 69.7 Å². The second-order valence-corrected chi connectivity index (χ2v) is 10.5. The van der Waals surface area contributed by atoms with Gasteiger partial charge in [0.05, 0.1) is 6.61 Å². The molecule has 36 heavy (non-hydrogen) atoms. The fourth-order valence-corrected chi connectivity index (χ4v) is 4.59. The third-order valence-electron chi connectivity index (χ3n) is 5.84. The number of hydrogen-bond donors (Lipinski definition) is 7. The number of hydrogen-bond acceptors (Lipinski definition) is 11. The third-order valence-corrected chi connectivity index (χ3v) is 6.82. The van der Waals surface area contributed by atoms with Crippen LogP contribution in [0.5, 0.6) is 0 Å². The summed E-state index contributed by atoms with van der Waals surface area (Å²) in [5, 5.41) is 58.4. The van der Waals surface area contributed by atoms with Crippen LogP contribution in [0.25, 0.3) is 0 Å². The van der Waals surface area contributed by atoms with Crippen molar-refractivity contribution in [2.24, 2.45) is 0 Å². The summed E-state index contributed by atoms with van der Waals surface area (Å²) in [6, 6.07) is 0. The molecule has 0 heterocycles. The van der Waals surface area contributed by atoms with Gasteiger partial charge in [0, 0.05) is 6.42 Å². The summed E-state index contributed by atoms with van der Waals surface area (Å²) in [7, 11) is -4.98. The molecule has 0 radical (unpaired) electrons. The SMILES string of the molecule is CCCC/C=C\CCCCCCCC(=O)OC[C@@H](O)COP(=O)(O)OC1C(O)C(O)C(O)[C@@H](O)C1O. The summed E-state index contributed by atoms with van der Waals surface area (Å²) in [6.07, 6.45) is 0.754. The molecule has 0 saturated heterocycles. The van der Waals surface area contributed by atoms with Crippen molar-refractivity contribution >= 4 is 13.8 Å². The number of aliphatic hydroxyl groups excluding tert-OH is 6. The van der Waals surface area contributed by atoms with E-state index in [1.807, 2.05) is 0 Å². The first-order valence-corrected chi connectivity index (χ1v) is 14.0. The van der Waals surface area contributed by atoms with Crippen LogP contribution in [0.3, 0.4) is 0 Å². The molecule has 212 valence electrons. The number of rotatable bonds is 18. The monoisotopic (exact) mass is 542 g/mol. The number of unbranched alkanes of at least 4 members (excludes halogenated alkanes) is 7. The van der Waals surface area contributed by atoms with Gasteiger partial charge in [0.1, 0.15) is 49.3 Å². The minimum absolute atomic E-state index is 0.181. The molecule has 8 atom stereocenters. The zero-order valence-electron chi connectivity index (χ0n) is 20.8. The van der Waals surface area contributed by atoms with E-state index in [1.165, 1.54) is 12.8 Å². The van der Waals surface area contributed by atoms with Crippen molar-refractivity contribution in [3.8, 4) is 0 Å². The topological polar surface area (TPSA) is 203 Å². The van der Waals surface area contributed by atoms with Gasteiger partial charge in [0.2, 0.25) is 0 Å². The molecule has 1 aliphatic carbocycles. The second kappa shape index (κ2) is 17.6. The van der Waals surface area contributed by atoms with Crippen LogP contribution in [0, 0.1) is 0 Å². The maximum Gasteiger partial charge on any atom is 0.472 e. The zero-order valence-corrected chi connectivity index (χ0v) is 21.7. The van der Waals surface area contributed by atoms with Crippen LogP contribution >= 0.6 is 7.82 Å². The van der Waals surface area contributed by atoms with Gasteiger partial charge in [-0.1, -0.05) is 51.2 Å². The van der Waals surface area contributed by atoms with Crippen molar-refractivity contribution in [3.05, 3.63) is 12.2 Å². The number of phosphoric acid groups is 1. The van der Waals surface area contributed by atoms with E-state index in [-0.39, 0.29) is 6.42 Å². The van der Waals surface area contributed by atoms with Crippen molar-refractivity contribution < 1.29 is 58.7 Å². The maximum atomic E-state index is 12.1. The Bertz CT molecular complexity index is 674. The number of esters is 1. The van der Waals surface area contributed by atoms with E-state index in [9.17, 15) is 44.9 Å². The summed E-state index contributed by atoms with van der Waals surface area (Å²) >= 11 is 0. The van der Waals surface area contributed by atoms with Gasteiger partial charge < -0.3 is 40.3 Å². The van der Waals surface area contributed by atoms with E-state index in [2.05, 4.69) is 28.1 Å². The largest absolute Gasteiger partial charge is 0.472 e. The molecule has 0 aromatic carbocycles. The lowest BCUT2D eigenvalue weighted by Crippen LogP contribution is -2.64. The molecule has 13 heteroatoms. The second-order valence-electron chi connectivity index (χ2n) is 9.04. The first-order chi connectivity index (χ1) is 17.0. The first-order valence-electron chi connectivity index (χ1n) is 12.5. The average molecular weight is 543 g/mol. The molecule has 0 aromatic rings. The first kappa shape index (κ1) is 33.1. The third kappa shape index (κ3) is 12.6. The fourth-order valence-electron chi connectivity index (χ4n) is 3.61. The summed E-state index contributed by atoms with van der Waals surface area (Å²) in [4.78, 5) is 21.6. The van der Waals surface area contributed by atoms with E-state index >= 15 is 0 Å². The molecule has 0 spiro atoms. The van der Waals surface area contributed by atoms with Gasteiger partial charge in [-0.15, -0.1) is 0 Å². The van der Waals surface area contributed by atoms with Gasteiger partial charge >= 0.3 is 13.8 Å². The van der Waals surface area contributed by atoms with E-state index in [4.69, 9.17) is 4.74 Å². The van der Waals surface area contributed by atoms with Crippen LogP contribution in [0.15, 0.2) is 12.2 Å². The smallest absolute Gasteiger partial charge is 0.463 e. The Labute approximate surface area is 212 Å². The number of carbonyl (C=O) groups is 1. The fraction of sp³-hybridized carbons (Fsp3) is 0.870. The van der Waals surface area contributed by atoms with Gasteiger partial charge in [-0.2, -0.15) is 0 Å². The van der Waals surface area contributed by atoms with Crippen molar-refractivity contribution in [1.29, 1.82) is 0 Å². The van der Waals surface area contributed by atoms with Gasteiger partial charge in [0.15, 0.2) is 0 Å². The predicted molar refractivity (Wildman–Crippen MR) is 129 cm³/mol. The molecular weight excluding hydrogens is 499 g/mol. The molecule has 1 fully saturated rings. The Kier molecular flexibility index (Phi) is 16.2. The average Bonchev–Trinajstić information content (AvgIpc) is 2.85. The highest BCUT2D eigenvalue weighted by Gasteiger charge is 2.51. The number of aliphatic hydroxyl groups is 6. The van der Waals surface area contributed by atoms with Crippen LogP contribution < -0.4 is 0 Å². The summed E-state index contributed by atoms with van der Waals surface area (Å²) in [5.41, 5.74) is 0. The lowest BCUT2D eigenvalue weighted by Gasteiger charge is -2.41. The van der Waals surface area contributed by atoms with Crippen LogP contribution in [0.2, 0.25) is 0 Å². The van der Waals surface area contributed by atoms with Gasteiger partial charge in [-0.25, -0.2) is 4.57 Å². The lowest BCUT2D eigenvalue weighted by molar-refractivity contribution is -0.220. The standard InChI is InChI=1S/C23H43O12P/c1-2-3-4-5-6-7-8-9-10-11-12-13-17(25)33-14-16(24)15-34-36(31,32)35-23-21(29)19(27)18(26)20(28)22(23)30/h5-6,16,18-24,26-30H,2-4,7-15H2,1H3,(H,31,32)/b6-5-/t16-,18?,19-,20?,21?,22?,23?/m1/s1. The number of phosphoric ester groups is 1. The normalized spacial score (nSPS) is 29.2. The van der Waals surface area contributed by atoms with Crippen molar-refractivity contribution in [2.45, 2.75) is 114 Å². The minimum Gasteiger partial charge on any atom is -0.463 e. The lowest BCUT2D eigenvalue weighted by atomic mass is 9.85. The molecule has 6 unspecified atom stereocenters. The van der Waals surface area contributed by atoms with E-state index in [1.54, 1.807) is 0 Å². The van der Waals surface area contributed by atoms with Crippen molar-refractivity contribution in [2.75, 3.05) is 13.2 Å². The molecule has 0 bridgehead atoms. The summed E-state index contributed by atoms with van der Waals surface area (Å²) < 4.78 is 26.2. The zero-order chi connectivity index (χ0) is 27.1. The molecule has 12 nitrogen and oxygen atoms in total. The highest BCUT2D eigenvalue weighted by Crippen LogP contribution is 2.47. The molecule has 1 rings (SSSR count). The Balaban J connectivity index is 2.19. The molecule has 0 aromatic heterocycles. The van der Waals surface area contributed by atoms with Crippen LogP contribution in [0.1, 0.15) is 71.1 Å². The quantitative estimate of drug-likeness (QED) is 0.0553. The number of allylic oxidation sites excluding steroid dienone is 2. The molecule has 0 aliphatic heterocycles.